The second-order valence-electron chi connectivity index (χ2n) is 7.99. The summed E-state index contributed by atoms with van der Waals surface area (Å²) in [5.74, 6) is 0. The van der Waals surface area contributed by atoms with Gasteiger partial charge in [0.25, 0.3) is 0 Å². The molecular weight excluding hydrogens is 442 g/mol. The third-order valence-electron chi connectivity index (χ3n) is 5.59. The fourth-order valence-corrected chi connectivity index (χ4v) is 5.07. The van der Waals surface area contributed by atoms with Gasteiger partial charge in [-0.05, 0) is 73.6 Å². The third-order valence-corrected chi connectivity index (χ3v) is 7.02. The minimum Gasteiger partial charge on any atom is -0.278 e. The third kappa shape index (κ3) is 5.57. The van der Waals surface area contributed by atoms with Gasteiger partial charge in [0.05, 0.1) is 11.4 Å². The van der Waals surface area contributed by atoms with E-state index in [0.717, 1.165) is 59.3 Å². The molecule has 0 unspecified atom stereocenters. The Balaban J connectivity index is 1.56. The molecule has 3 aromatic rings. The number of aromatic amines is 1. The minimum absolute atomic E-state index is 0.321. The minimum atomic E-state index is -3.61. The number of hydrogen-bond donors (Lipinski definition) is 2. The van der Waals surface area contributed by atoms with Crippen molar-refractivity contribution in [1.29, 1.82) is 0 Å². The SMILES string of the molecule is C[C@H](NS(=O)(=O)/C=C/c1[nH]nc2c1CCCC/C2=C\c1ccc(Cl)cc1)c1ccccc1. The van der Waals surface area contributed by atoms with E-state index in [1.54, 1.807) is 6.08 Å². The van der Waals surface area contributed by atoms with E-state index in [0.29, 0.717) is 5.02 Å². The van der Waals surface area contributed by atoms with Gasteiger partial charge >= 0.3 is 0 Å². The summed E-state index contributed by atoms with van der Waals surface area (Å²) >= 11 is 6.00. The maximum absolute atomic E-state index is 12.6. The molecule has 1 atom stereocenters. The lowest BCUT2D eigenvalue weighted by atomic mass is 10.0. The maximum atomic E-state index is 12.6. The molecule has 0 amide bonds. The van der Waals surface area contributed by atoms with E-state index in [9.17, 15) is 8.42 Å². The van der Waals surface area contributed by atoms with Crippen LogP contribution in [0.2, 0.25) is 5.02 Å². The average molecular weight is 468 g/mol. The van der Waals surface area contributed by atoms with Crippen LogP contribution in [-0.2, 0) is 16.4 Å². The predicted octanol–water partition coefficient (Wildman–Crippen LogP) is 5.98. The van der Waals surface area contributed by atoms with Crippen LogP contribution >= 0.6 is 11.6 Å². The Morgan fingerprint density at radius 1 is 1.06 bits per heavy atom. The van der Waals surface area contributed by atoms with Crippen LogP contribution in [0.1, 0.15) is 60.3 Å². The van der Waals surface area contributed by atoms with Crippen molar-refractivity contribution in [1.82, 2.24) is 14.9 Å². The van der Waals surface area contributed by atoms with Crippen LogP contribution < -0.4 is 4.72 Å². The summed E-state index contributed by atoms with van der Waals surface area (Å²) in [4.78, 5) is 0. The Morgan fingerprint density at radius 3 is 2.53 bits per heavy atom. The molecule has 2 aromatic carbocycles. The van der Waals surface area contributed by atoms with Crippen molar-refractivity contribution in [2.45, 2.75) is 38.6 Å². The molecule has 0 fully saturated rings. The molecule has 0 radical (unpaired) electrons. The summed E-state index contributed by atoms with van der Waals surface area (Å²) in [7, 11) is -3.61. The van der Waals surface area contributed by atoms with Crippen LogP contribution in [0.15, 0.2) is 60.0 Å². The molecule has 1 aliphatic carbocycles. The summed E-state index contributed by atoms with van der Waals surface area (Å²) in [6, 6.07) is 16.9. The topological polar surface area (TPSA) is 74.8 Å². The molecule has 5 nitrogen and oxygen atoms in total. The zero-order valence-electron chi connectivity index (χ0n) is 17.9. The Morgan fingerprint density at radius 2 is 1.78 bits per heavy atom. The highest BCUT2D eigenvalue weighted by molar-refractivity contribution is 7.92. The number of rotatable bonds is 6. The Kier molecular flexibility index (Phi) is 6.94. The van der Waals surface area contributed by atoms with E-state index in [4.69, 9.17) is 11.6 Å². The van der Waals surface area contributed by atoms with E-state index in [1.807, 2.05) is 61.5 Å². The van der Waals surface area contributed by atoms with Crippen LogP contribution in [-0.4, -0.2) is 18.6 Å². The molecule has 1 aliphatic rings. The van der Waals surface area contributed by atoms with E-state index >= 15 is 0 Å². The molecule has 0 saturated heterocycles. The van der Waals surface area contributed by atoms with Crippen molar-refractivity contribution in [3.63, 3.8) is 0 Å². The molecule has 4 rings (SSSR count). The van der Waals surface area contributed by atoms with Crippen molar-refractivity contribution in [3.8, 4) is 0 Å². The summed E-state index contributed by atoms with van der Waals surface area (Å²) in [5.41, 5.74) is 5.84. The smallest absolute Gasteiger partial charge is 0.234 e. The van der Waals surface area contributed by atoms with Gasteiger partial charge < -0.3 is 0 Å². The van der Waals surface area contributed by atoms with Gasteiger partial charge in [0.15, 0.2) is 0 Å². The van der Waals surface area contributed by atoms with E-state index < -0.39 is 10.0 Å². The first-order valence-corrected chi connectivity index (χ1v) is 12.6. The zero-order valence-corrected chi connectivity index (χ0v) is 19.5. The molecule has 0 spiro atoms. The summed E-state index contributed by atoms with van der Waals surface area (Å²) in [6.45, 7) is 1.83. The molecule has 2 N–H and O–H groups in total. The van der Waals surface area contributed by atoms with Crippen LogP contribution in [0.5, 0.6) is 0 Å². The lowest BCUT2D eigenvalue weighted by molar-refractivity contribution is 0.576. The standard InChI is InChI=1S/C25H26ClN3O2S/c1-18(20-7-3-2-4-8-20)29-32(30,31)16-15-24-23-10-6-5-9-21(25(23)28-27-24)17-19-11-13-22(26)14-12-19/h2-4,7-8,11-18,29H,5-6,9-10H2,1H3,(H,27,28)/b16-15+,21-17+/t18-/m0/s1. The van der Waals surface area contributed by atoms with Crippen LogP contribution in [0.25, 0.3) is 17.7 Å². The van der Waals surface area contributed by atoms with E-state index in [1.165, 1.54) is 5.41 Å². The molecule has 7 heteroatoms. The fourth-order valence-electron chi connectivity index (χ4n) is 3.92. The van der Waals surface area contributed by atoms with Crippen LogP contribution in [0, 0.1) is 0 Å². The largest absolute Gasteiger partial charge is 0.278 e. The van der Waals surface area contributed by atoms with Gasteiger partial charge in [-0.1, -0.05) is 54.1 Å². The van der Waals surface area contributed by atoms with Gasteiger partial charge in [0.2, 0.25) is 10.0 Å². The zero-order chi connectivity index (χ0) is 22.6. The van der Waals surface area contributed by atoms with E-state index in [-0.39, 0.29) is 6.04 Å². The van der Waals surface area contributed by atoms with Crippen molar-refractivity contribution in [2.75, 3.05) is 0 Å². The molecule has 1 heterocycles. The number of nitrogens with one attached hydrogen (secondary N) is 2. The molecule has 0 saturated carbocycles. The highest BCUT2D eigenvalue weighted by Gasteiger charge is 2.19. The Labute approximate surface area is 194 Å². The lowest BCUT2D eigenvalue weighted by Gasteiger charge is -2.12. The first kappa shape index (κ1) is 22.5. The first-order valence-electron chi connectivity index (χ1n) is 10.7. The van der Waals surface area contributed by atoms with E-state index in [2.05, 4.69) is 21.0 Å². The highest BCUT2D eigenvalue weighted by atomic mass is 35.5. The predicted molar refractivity (Wildman–Crippen MR) is 131 cm³/mol. The molecule has 0 aliphatic heterocycles. The molecule has 0 bridgehead atoms. The maximum Gasteiger partial charge on any atom is 0.234 e. The number of sulfonamides is 1. The lowest BCUT2D eigenvalue weighted by Crippen LogP contribution is -2.24. The number of nitrogens with zero attached hydrogens (tertiary/aromatic N) is 1. The number of halogens is 1. The number of hydrogen-bond acceptors (Lipinski definition) is 3. The number of fused-ring (bicyclic) bond motifs is 1. The van der Waals surface area contributed by atoms with Gasteiger partial charge in [-0.25, -0.2) is 13.1 Å². The molecule has 166 valence electrons. The highest BCUT2D eigenvalue weighted by Crippen LogP contribution is 2.32. The van der Waals surface area contributed by atoms with Crippen molar-refractivity contribution in [2.24, 2.45) is 0 Å². The Hall–Kier alpha value is -2.67. The number of aromatic nitrogens is 2. The van der Waals surface area contributed by atoms with Gasteiger partial charge in [-0.15, -0.1) is 0 Å². The second kappa shape index (κ2) is 9.86. The molecule has 1 aromatic heterocycles. The number of benzene rings is 2. The number of H-pyrrole nitrogens is 1. The van der Waals surface area contributed by atoms with Crippen molar-refractivity contribution in [3.05, 3.63) is 93.1 Å². The van der Waals surface area contributed by atoms with Gasteiger partial charge in [-0.2, -0.15) is 5.10 Å². The summed E-state index contributed by atoms with van der Waals surface area (Å²) in [5, 5.41) is 9.49. The van der Waals surface area contributed by atoms with Crippen LogP contribution in [0.3, 0.4) is 0 Å². The summed E-state index contributed by atoms with van der Waals surface area (Å²) < 4.78 is 28.0. The van der Waals surface area contributed by atoms with Gasteiger partial charge in [0, 0.05) is 22.0 Å². The monoisotopic (exact) mass is 467 g/mol. The average Bonchev–Trinajstić information content (AvgIpc) is 3.08. The fraction of sp³-hybridized carbons (Fsp3) is 0.240. The van der Waals surface area contributed by atoms with Crippen molar-refractivity contribution < 1.29 is 8.42 Å². The normalized spacial score (nSPS) is 16.8. The van der Waals surface area contributed by atoms with Gasteiger partial charge in [0.1, 0.15) is 0 Å². The van der Waals surface area contributed by atoms with Crippen LogP contribution in [0.4, 0.5) is 0 Å². The molecule has 32 heavy (non-hydrogen) atoms. The quantitative estimate of drug-likeness (QED) is 0.438. The first-order chi connectivity index (χ1) is 15.4. The van der Waals surface area contributed by atoms with Crippen molar-refractivity contribution >= 4 is 39.3 Å². The molecular formula is C25H26ClN3O2S. The Bertz CT molecular complexity index is 1230. The van der Waals surface area contributed by atoms with Gasteiger partial charge in [-0.3, -0.25) is 5.10 Å². The number of allylic oxidation sites excluding steroid dienone is 1. The summed E-state index contributed by atoms with van der Waals surface area (Å²) in [6.07, 6.45) is 7.62. The second-order valence-corrected chi connectivity index (χ2v) is 10.0.